The molecule has 0 aliphatic heterocycles. The highest BCUT2D eigenvalue weighted by Crippen LogP contribution is 2.48. The fraction of sp³-hybridized carbons (Fsp3) is 0.700. The number of ether oxygens (including phenoxy) is 2. The van der Waals surface area contributed by atoms with Crippen molar-refractivity contribution in [3.05, 3.63) is 47.5 Å². The predicted molar refractivity (Wildman–Crippen MR) is 142 cm³/mol. The third kappa shape index (κ3) is 8.29. The van der Waals surface area contributed by atoms with Crippen molar-refractivity contribution in [2.24, 2.45) is 11.8 Å². The van der Waals surface area contributed by atoms with Crippen molar-refractivity contribution in [3.63, 3.8) is 0 Å². The minimum Gasteiger partial charge on any atom is -0.460 e. The van der Waals surface area contributed by atoms with Crippen LogP contribution in [0.1, 0.15) is 115 Å². The predicted octanol–water partition coefficient (Wildman–Crippen LogP) is 7.51. The van der Waals surface area contributed by atoms with Crippen LogP contribution in [-0.4, -0.2) is 38.6 Å². The van der Waals surface area contributed by atoms with Gasteiger partial charge in [0.15, 0.2) is 6.10 Å². The van der Waals surface area contributed by atoms with Gasteiger partial charge in [-0.2, -0.15) is 13.2 Å². The van der Waals surface area contributed by atoms with Crippen LogP contribution in [0.2, 0.25) is 0 Å². The van der Waals surface area contributed by atoms with Gasteiger partial charge in [-0.15, -0.1) is 10.2 Å². The third-order valence-corrected chi connectivity index (χ3v) is 7.42. The van der Waals surface area contributed by atoms with Gasteiger partial charge in [-0.3, -0.25) is 4.79 Å². The molecule has 2 atom stereocenters. The number of benzene rings is 1. The maximum absolute atomic E-state index is 14.2. The van der Waals surface area contributed by atoms with Crippen LogP contribution in [0, 0.1) is 11.8 Å². The zero-order valence-corrected chi connectivity index (χ0v) is 23.7. The number of hydrogen-bond acceptors (Lipinski definition) is 5. The molecule has 4 rings (SSSR count). The maximum Gasteiger partial charge on any atom is 0.414 e. The molecule has 0 bridgehead atoms. The Morgan fingerprint density at radius 3 is 2.31 bits per heavy atom. The summed E-state index contributed by atoms with van der Waals surface area (Å²) in [5.41, 5.74) is -0.0959. The lowest BCUT2D eigenvalue weighted by molar-refractivity contribution is -0.227. The smallest absolute Gasteiger partial charge is 0.414 e. The Labute approximate surface area is 229 Å². The Hall–Kier alpha value is -2.42. The minimum atomic E-state index is -4.60. The fourth-order valence-electron chi connectivity index (χ4n) is 5.58. The number of hydrogen-bond donors (Lipinski definition) is 0. The molecule has 1 heterocycles. The van der Waals surface area contributed by atoms with E-state index in [2.05, 4.69) is 28.6 Å². The lowest BCUT2D eigenvalue weighted by atomic mass is 9.71. The van der Waals surface area contributed by atoms with Crippen LogP contribution < -0.4 is 0 Å². The van der Waals surface area contributed by atoms with E-state index in [1.165, 1.54) is 0 Å². The van der Waals surface area contributed by atoms with E-state index in [-0.39, 0.29) is 25.0 Å². The van der Waals surface area contributed by atoms with Crippen molar-refractivity contribution in [2.75, 3.05) is 0 Å². The van der Waals surface area contributed by atoms with E-state index in [0.29, 0.717) is 23.2 Å². The third-order valence-electron chi connectivity index (χ3n) is 7.42. The van der Waals surface area contributed by atoms with E-state index in [0.717, 1.165) is 37.9 Å². The molecule has 2 fully saturated rings. The van der Waals surface area contributed by atoms with Crippen LogP contribution in [0.25, 0.3) is 0 Å². The molecule has 6 nitrogen and oxygen atoms in total. The van der Waals surface area contributed by atoms with Crippen LogP contribution in [0.4, 0.5) is 13.2 Å². The van der Waals surface area contributed by atoms with Crippen LogP contribution in [0.15, 0.2) is 30.3 Å². The molecule has 1 unspecified atom stereocenters. The summed E-state index contributed by atoms with van der Waals surface area (Å²) in [5.74, 6) is 1.44. The van der Waals surface area contributed by atoms with Gasteiger partial charge in [0.25, 0.3) is 0 Å². The highest BCUT2D eigenvalue weighted by atomic mass is 19.4. The number of carbonyl (C=O) groups excluding carboxylic acids is 1. The fourth-order valence-corrected chi connectivity index (χ4v) is 5.58. The van der Waals surface area contributed by atoms with Crippen LogP contribution >= 0.6 is 0 Å². The highest BCUT2D eigenvalue weighted by molar-refractivity contribution is 5.70. The Bertz CT molecular complexity index is 1080. The first-order valence-electron chi connectivity index (χ1n) is 14.2. The highest BCUT2D eigenvalue weighted by Gasteiger charge is 2.45. The average Bonchev–Trinajstić information content (AvgIpc) is 3.55. The van der Waals surface area contributed by atoms with Crippen molar-refractivity contribution >= 4 is 5.97 Å². The molecule has 0 spiro atoms. The second-order valence-electron chi connectivity index (χ2n) is 12.7. The average molecular weight is 550 g/mol. The summed E-state index contributed by atoms with van der Waals surface area (Å²) in [4.78, 5) is 12.9. The summed E-state index contributed by atoms with van der Waals surface area (Å²) in [6.45, 7) is 9.50. The second kappa shape index (κ2) is 12.0. The molecular formula is C30H42F3N3O3. The van der Waals surface area contributed by atoms with Gasteiger partial charge in [-0.25, -0.2) is 0 Å². The zero-order valence-electron chi connectivity index (χ0n) is 23.7. The molecule has 2 saturated carbocycles. The molecule has 0 amide bonds. The monoisotopic (exact) mass is 549 g/mol. The van der Waals surface area contributed by atoms with Crippen LogP contribution in [0.5, 0.6) is 0 Å². The molecule has 0 radical (unpaired) electrons. The summed E-state index contributed by atoms with van der Waals surface area (Å²) in [6.07, 6.45) is -2.24. The number of halogens is 3. The molecule has 1 aromatic carbocycles. The Balaban J connectivity index is 1.59. The first kappa shape index (κ1) is 29.6. The first-order chi connectivity index (χ1) is 18.3. The number of carbonyl (C=O) groups is 1. The normalized spacial score (nSPS) is 21.5. The molecule has 0 saturated heterocycles. The van der Waals surface area contributed by atoms with Gasteiger partial charge in [0.1, 0.15) is 17.2 Å². The van der Waals surface area contributed by atoms with Gasteiger partial charge in [0, 0.05) is 17.9 Å². The zero-order chi connectivity index (χ0) is 28.4. The van der Waals surface area contributed by atoms with E-state index in [4.69, 9.17) is 9.47 Å². The second-order valence-corrected chi connectivity index (χ2v) is 12.7. The van der Waals surface area contributed by atoms with Crippen molar-refractivity contribution in [1.82, 2.24) is 14.8 Å². The van der Waals surface area contributed by atoms with Crippen molar-refractivity contribution in [3.8, 4) is 0 Å². The summed E-state index contributed by atoms with van der Waals surface area (Å²) in [7, 11) is 0. The number of aromatic nitrogens is 3. The van der Waals surface area contributed by atoms with Gasteiger partial charge in [-0.1, -0.05) is 44.2 Å². The Morgan fingerprint density at radius 2 is 1.74 bits per heavy atom. The topological polar surface area (TPSA) is 66.2 Å². The SMILES string of the molecule is CC(C)C[C@H]1C[C@@H](c2nnc([C@H](CC(=O)OC(C)(C)C)CC(OCc3ccccc3)C(F)(F)F)n2C2CC2)C1. The van der Waals surface area contributed by atoms with Crippen molar-refractivity contribution in [1.29, 1.82) is 0 Å². The lowest BCUT2D eigenvalue weighted by Gasteiger charge is -2.36. The maximum atomic E-state index is 14.2. The summed E-state index contributed by atoms with van der Waals surface area (Å²) >= 11 is 0. The molecular weight excluding hydrogens is 507 g/mol. The molecule has 9 heteroatoms. The summed E-state index contributed by atoms with van der Waals surface area (Å²) in [6, 6.07) is 8.96. The molecule has 1 aromatic heterocycles. The van der Waals surface area contributed by atoms with Crippen LogP contribution in [-0.2, 0) is 20.9 Å². The molecule has 39 heavy (non-hydrogen) atoms. The van der Waals surface area contributed by atoms with Gasteiger partial charge < -0.3 is 14.0 Å². The van der Waals surface area contributed by atoms with Crippen molar-refractivity contribution in [2.45, 2.75) is 122 Å². The van der Waals surface area contributed by atoms with Crippen LogP contribution in [0.3, 0.4) is 0 Å². The van der Waals surface area contributed by atoms with Gasteiger partial charge in [0.05, 0.1) is 13.0 Å². The molecule has 216 valence electrons. The van der Waals surface area contributed by atoms with E-state index >= 15 is 0 Å². The van der Waals surface area contributed by atoms with Gasteiger partial charge in [0.2, 0.25) is 0 Å². The summed E-state index contributed by atoms with van der Waals surface area (Å²) < 4.78 is 55.7. The molecule has 2 aromatic rings. The largest absolute Gasteiger partial charge is 0.460 e. The van der Waals surface area contributed by atoms with E-state index < -0.39 is 36.2 Å². The van der Waals surface area contributed by atoms with Crippen molar-refractivity contribution < 1.29 is 27.4 Å². The lowest BCUT2D eigenvalue weighted by Crippen LogP contribution is -2.35. The van der Waals surface area contributed by atoms with Gasteiger partial charge >= 0.3 is 12.1 Å². The number of rotatable bonds is 12. The Kier molecular flexibility index (Phi) is 9.08. The first-order valence-corrected chi connectivity index (χ1v) is 14.2. The quantitative estimate of drug-likeness (QED) is 0.256. The minimum absolute atomic E-state index is 0.171. The number of alkyl halides is 3. The molecule has 2 aliphatic rings. The van der Waals surface area contributed by atoms with E-state index in [1.54, 1.807) is 51.1 Å². The molecule has 0 N–H and O–H groups in total. The molecule has 2 aliphatic carbocycles. The van der Waals surface area contributed by atoms with Gasteiger partial charge in [-0.05, 0) is 76.7 Å². The summed E-state index contributed by atoms with van der Waals surface area (Å²) in [5, 5.41) is 8.97. The number of nitrogens with zero attached hydrogens (tertiary/aromatic N) is 3. The number of esters is 1. The van der Waals surface area contributed by atoms with E-state index in [1.807, 2.05) is 0 Å². The standard InChI is InChI=1S/C30H42F3N3O3/c1-19(2)13-21-14-22(15-21)27-34-35-28(36(27)24-11-12-24)23(17-26(37)39-29(3,4)5)16-25(30(31,32)33)38-18-20-9-7-6-8-10-20/h6-10,19,21-25H,11-18H2,1-5H3/t21-,22+,23-,25?/m0/s1. The Morgan fingerprint density at radius 1 is 1.08 bits per heavy atom. The van der Waals surface area contributed by atoms with E-state index in [9.17, 15) is 18.0 Å².